The summed E-state index contributed by atoms with van der Waals surface area (Å²) < 4.78 is 15.4. The Labute approximate surface area is 157 Å². The topological polar surface area (TPSA) is 94.2 Å². The van der Waals surface area contributed by atoms with E-state index in [1.54, 1.807) is 23.1 Å². The van der Waals surface area contributed by atoms with Crippen molar-refractivity contribution in [3.05, 3.63) is 23.8 Å². The highest BCUT2D eigenvalue weighted by molar-refractivity contribution is 5.96. The molecular formula is C19H24N2O6. The number of fused-ring (bicyclic) bond motifs is 1. The standard InChI is InChI=1S/C19H24N2O6/c1-2-14-5-3-4-8-21(14)17(22)11-25-18(23)10-20-19(24)13-6-7-15-16(9-13)27-12-26-15/h6-7,9,14H,2-5,8,10-12H2,1H3,(H,20,24)/t14-/m1/s1. The second-order valence-corrected chi connectivity index (χ2v) is 6.56. The van der Waals surface area contributed by atoms with Crippen molar-refractivity contribution in [3.63, 3.8) is 0 Å². The van der Waals surface area contributed by atoms with Gasteiger partial charge in [0, 0.05) is 18.2 Å². The SMILES string of the molecule is CC[C@@H]1CCCCN1C(=O)COC(=O)CNC(=O)c1ccc2c(c1)OCO2. The van der Waals surface area contributed by atoms with E-state index in [1.165, 1.54) is 0 Å². The van der Waals surface area contributed by atoms with Gasteiger partial charge >= 0.3 is 5.97 Å². The van der Waals surface area contributed by atoms with E-state index in [9.17, 15) is 14.4 Å². The first kappa shape index (κ1) is 19.0. The molecule has 0 spiro atoms. The molecule has 0 bridgehead atoms. The molecule has 1 N–H and O–H groups in total. The number of amides is 2. The molecule has 3 rings (SSSR count). The summed E-state index contributed by atoms with van der Waals surface area (Å²) in [6.07, 6.45) is 3.97. The number of ether oxygens (including phenoxy) is 3. The Kier molecular flexibility index (Phi) is 6.16. The van der Waals surface area contributed by atoms with Crippen LogP contribution < -0.4 is 14.8 Å². The van der Waals surface area contributed by atoms with E-state index in [-0.39, 0.29) is 31.9 Å². The fourth-order valence-electron chi connectivity index (χ4n) is 3.32. The summed E-state index contributed by atoms with van der Waals surface area (Å²) in [5.74, 6) is -0.200. The number of rotatable bonds is 6. The van der Waals surface area contributed by atoms with Gasteiger partial charge in [0.15, 0.2) is 18.1 Å². The molecule has 1 saturated heterocycles. The molecular weight excluding hydrogens is 352 g/mol. The molecule has 2 aliphatic heterocycles. The highest BCUT2D eigenvalue weighted by Crippen LogP contribution is 2.32. The molecule has 0 saturated carbocycles. The predicted molar refractivity (Wildman–Crippen MR) is 95.5 cm³/mol. The minimum atomic E-state index is -0.650. The Morgan fingerprint density at radius 3 is 2.85 bits per heavy atom. The highest BCUT2D eigenvalue weighted by Gasteiger charge is 2.26. The molecule has 2 aliphatic rings. The van der Waals surface area contributed by atoms with Crippen LogP contribution in [-0.4, -0.2) is 55.2 Å². The lowest BCUT2D eigenvalue weighted by Gasteiger charge is -2.35. The number of carbonyl (C=O) groups is 3. The largest absolute Gasteiger partial charge is 0.454 e. The quantitative estimate of drug-likeness (QED) is 0.756. The summed E-state index contributed by atoms with van der Waals surface area (Å²) in [7, 11) is 0. The fourth-order valence-corrected chi connectivity index (χ4v) is 3.32. The van der Waals surface area contributed by atoms with E-state index >= 15 is 0 Å². The molecule has 27 heavy (non-hydrogen) atoms. The molecule has 0 unspecified atom stereocenters. The summed E-state index contributed by atoms with van der Waals surface area (Å²) in [5.41, 5.74) is 0.349. The Morgan fingerprint density at radius 1 is 1.22 bits per heavy atom. The van der Waals surface area contributed by atoms with Crippen molar-refractivity contribution in [1.82, 2.24) is 10.2 Å². The van der Waals surface area contributed by atoms with Crippen molar-refractivity contribution in [2.45, 2.75) is 38.6 Å². The zero-order valence-corrected chi connectivity index (χ0v) is 15.4. The van der Waals surface area contributed by atoms with Gasteiger partial charge in [0.2, 0.25) is 6.79 Å². The first-order valence-corrected chi connectivity index (χ1v) is 9.21. The van der Waals surface area contributed by atoms with Crippen molar-refractivity contribution in [2.24, 2.45) is 0 Å². The van der Waals surface area contributed by atoms with Gasteiger partial charge in [0.25, 0.3) is 11.8 Å². The Balaban J connectivity index is 1.42. The molecule has 0 aromatic heterocycles. The zero-order chi connectivity index (χ0) is 19.2. The lowest BCUT2D eigenvalue weighted by atomic mass is 10.00. The third-order valence-electron chi connectivity index (χ3n) is 4.80. The molecule has 8 nitrogen and oxygen atoms in total. The summed E-state index contributed by atoms with van der Waals surface area (Å²) in [6, 6.07) is 4.99. The molecule has 2 amide bonds. The number of esters is 1. The van der Waals surface area contributed by atoms with Crippen molar-refractivity contribution >= 4 is 17.8 Å². The number of nitrogens with zero attached hydrogens (tertiary/aromatic N) is 1. The highest BCUT2D eigenvalue weighted by atomic mass is 16.7. The van der Waals surface area contributed by atoms with Gasteiger partial charge in [-0.25, -0.2) is 0 Å². The van der Waals surface area contributed by atoms with Crippen LogP contribution in [0.3, 0.4) is 0 Å². The summed E-state index contributed by atoms with van der Waals surface area (Å²) in [4.78, 5) is 38.0. The fraction of sp³-hybridized carbons (Fsp3) is 0.526. The van der Waals surface area contributed by atoms with Crippen LogP contribution in [0.1, 0.15) is 43.0 Å². The Hall–Kier alpha value is -2.77. The first-order chi connectivity index (χ1) is 13.1. The van der Waals surface area contributed by atoms with Crippen LogP contribution in [0.25, 0.3) is 0 Å². The van der Waals surface area contributed by atoms with E-state index in [1.807, 2.05) is 6.92 Å². The molecule has 1 atom stereocenters. The molecule has 0 aliphatic carbocycles. The van der Waals surface area contributed by atoms with Crippen molar-refractivity contribution < 1.29 is 28.6 Å². The normalized spacial score (nSPS) is 18.1. The first-order valence-electron chi connectivity index (χ1n) is 9.21. The van der Waals surface area contributed by atoms with Crippen LogP contribution in [0.15, 0.2) is 18.2 Å². The minimum absolute atomic E-state index is 0.122. The van der Waals surface area contributed by atoms with Crippen molar-refractivity contribution in [3.8, 4) is 11.5 Å². The van der Waals surface area contributed by atoms with Gasteiger partial charge in [0.1, 0.15) is 6.54 Å². The van der Waals surface area contributed by atoms with Gasteiger partial charge in [-0.1, -0.05) is 6.92 Å². The zero-order valence-electron chi connectivity index (χ0n) is 15.4. The third-order valence-corrected chi connectivity index (χ3v) is 4.80. The van der Waals surface area contributed by atoms with E-state index in [0.717, 1.165) is 25.7 Å². The molecule has 146 valence electrons. The lowest BCUT2D eigenvalue weighted by Crippen LogP contribution is -2.45. The third kappa shape index (κ3) is 4.69. The maximum Gasteiger partial charge on any atom is 0.325 e. The summed E-state index contributed by atoms with van der Waals surface area (Å²) in [5, 5.41) is 2.48. The van der Waals surface area contributed by atoms with Crippen LogP contribution >= 0.6 is 0 Å². The maximum atomic E-state index is 12.3. The van der Waals surface area contributed by atoms with Gasteiger partial charge in [-0.2, -0.15) is 0 Å². The van der Waals surface area contributed by atoms with Gasteiger partial charge in [-0.3, -0.25) is 14.4 Å². The van der Waals surface area contributed by atoms with Crippen molar-refractivity contribution in [2.75, 3.05) is 26.5 Å². The van der Waals surface area contributed by atoms with E-state index in [4.69, 9.17) is 14.2 Å². The van der Waals surface area contributed by atoms with Crippen molar-refractivity contribution in [1.29, 1.82) is 0 Å². The van der Waals surface area contributed by atoms with E-state index in [2.05, 4.69) is 5.32 Å². The van der Waals surface area contributed by atoms with Gasteiger partial charge < -0.3 is 24.4 Å². The van der Waals surface area contributed by atoms with Gasteiger partial charge in [-0.15, -0.1) is 0 Å². The molecule has 2 heterocycles. The summed E-state index contributed by atoms with van der Waals surface area (Å²) >= 11 is 0. The number of hydrogen-bond donors (Lipinski definition) is 1. The number of nitrogens with one attached hydrogen (secondary N) is 1. The molecule has 8 heteroatoms. The van der Waals surface area contributed by atoms with E-state index in [0.29, 0.717) is 23.6 Å². The molecule has 1 aromatic carbocycles. The average molecular weight is 376 g/mol. The van der Waals surface area contributed by atoms with Crippen LogP contribution in [-0.2, 0) is 14.3 Å². The van der Waals surface area contributed by atoms with Crippen LogP contribution in [0, 0.1) is 0 Å². The smallest absolute Gasteiger partial charge is 0.325 e. The number of hydrogen-bond acceptors (Lipinski definition) is 6. The van der Waals surface area contributed by atoms with E-state index < -0.39 is 11.9 Å². The van der Waals surface area contributed by atoms with Crippen LogP contribution in [0.4, 0.5) is 0 Å². The van der Waals surface area contributed by atoms with Gasteiger partial charge in [-0.05, 0) is 43.9 Å². The minimum Gasteiger partial charge on any atom is -0.454 e. The maximum absolute atomic E-state index is 12.3. The lowest BCUT2D eigenvalue weighted by molar-refractivity contribution is -0.152. The monoisotopic (exact) mass is 376 g/mol. The van der Waals surface area contributed by atoms with Gasteiger partial charge in [0.05, 0.1) is 0 Å². The molecule has 1 fully saturated rings. The molecule has 0 radical (unpaired) electrons. The number of benzene rings is 1. The molecule has 1 aromatic rings. The average Bonchev–Trinajstić information content (AvgIpc) is 3.17. The van der Waals surface area contributed by atoms with Crippen LogP contribution in [0.5, 0.6) is 11.5 Å². The number of carbonyl (C=O) groups excluding carboxylic acids is 3. The second kappa shape index (κ2) is 8.75. The number of likely N-dealkylation sites (tertiary alicyclic amines) is 1. The second-order valence-electron chi connectivity index (χ2n) is 6.56. The Morgan fingerprint density at radius 2 is 2.04 bits per heavy atom. The Bertz CT molecular complexity index is 720. The number of piperidine rings is 1. The predicted octanol–water partition coefficient (Wildman–Crippen LogP) is 1.48. The van der Waals surface area contributed by atoms with Crippen LogP contribution in [0.2, 0.25) is 0 Å². The summed E-state index contributed by atoms with van der Waals surface area (Å²) in [6.45, 7) is 2.27.